The quantitative estimate of drug-likeness (QED) is 0.737. The van der Waals surface area contributed by atoms with Gasteiger partial charge in [0.2, 0.25) is 0 Å². The predicted molar refractivity (Wildman–Crippen MR) is 77.7 cm³/mol. The van der Waals surface area contributed by atoms with Gasteiger partial charge in [-0.1, -0.05) is 49.6 Å². The highest BCUT2D eigenvalue weighted by atomic mass is 16.5. The summed E-state index contributed by atoms with van der Waals surface area (Å²) in [7, 11) is 1.48. The lowest BCUT2D eigenvalue weighted by Gasteiger charge is -2.13. The van der Waals surface area contributed by atoms with Crippen molar-refractivity contribution in [3.05, 3.63) is 41.5 Å². The highest BCUT2D eigenvalue weighted by molar-refractivity contribution is 5.97. The summed E-state index contributed by atoms with van der Waals surface area (Å²) in [6.07, 6.45) is 7.81. The minimum absolute atomic E-state index is 0.152. The molecule has 0 saturated carbocycles. The van der Waals surface area contributed by atoms with Gasteiger partial charge in [0.15, 0.2) is 0 Å². The second-order valence-electron chi connectivity index (χ2n) is 5.08. The van der Waals surface area contributed by atoms with Crippen molar-refractivity contribution < 1.29 is 9.53 Å². The minimum Gasteiger partial charge on any atom is -0.466 e. The molecule has 19 heavy (non-hydrogen) atoms. The number of hydrogen-bond acceptors (Lipinski definition) is 2. The van der Waals surface area contributed by atoms with Crippen molar-refractivity contribution >= 4 is 11.5 Å². The Hall–Kier alpha value is -1.57. The van der Waals surface area contributed by atoms with Crippen LogP contribution in [0.3, 0.4) is 0 Å². The van der Waals surface area contributed by atoms with E-state index >= 15 is 0 Å². The van der Waals surface area contributed by atoms with Crippen LogP contribution in [0.15, 0.2) is 35.9 Å². The summed E-state index contributed by atoms with van der Waals surface area (Å²) in [5.74, 6) is -0.152. The standard InChI is InChI=1S/C17H22O2/c1-19-17(18)16-13-9-4-2-3-8-12-15(16)14-10-6-5-7-11-14/h5-7,10-11H,2-4,8-9,12-13H2,1H3/b16-15-. The van der Waals surface area contributed by atoms with Gasteiger partial charge >= 0.3 is 5.97 Å². The van der Waals surface area contributed by atoms with Gasteiger partial charge in [-0.15, -0.1) is 0 Å². The van der Waals surface area contributed by atoms with E-state index < -0.39 is 0 Å². The Balaban J connectivity index is 2.39. The second kappa shape index (κ2) is 7.13. The zero-order valence-corrected chi connectivity index (χ0v) is 11.7. The number of allylic oxidation sites excluding steroid dienone is 1. The maximum Gasteiger partial charge on any atom is 0.334 e. The smallest absolute Gasteiger partial charge is 0.334 e. The Morgan fingerprint density at radius 2 is 1.58 bits per heavy atom. The number of rotatable bonds is 2. The third kappa shape index (κ3) is 3.69. The van der Waals surface area contributed by atoms with Gasteiger partial charge in [-0.05, 0) is 36.8 Å². The normalized spacial score (nSPS) is 21.1. The summed E-state index contributed by atoms with van der Waals surface area (Å²) >= 11 is 0. The van der Waals surface area contributed by atoms with Crippen LogP contribution in [0.5, 0.6) is 0 Å². The highest BCUT2D eigenvalue weighted by Crippen LogP contribution is 2.30. The molecule has 0 saturated heterocycles. The molecule has 0 fully saturated rings. The number of ether oxygens (including phenoxy) is 1. The molecular weight excluding hydrogens is 236 g/mol. The molecule has 0 aromatic heterocycles. The molecule has 0 spiro atoms. The van der Waals surface area contributed by atoms with Crippen LogP contribution in [0.4, 0.5) is 0 Å². The van der Waals surface area contributed by atoms with Gasteiger partial charge in [-0.2, -0.15) is 0 Å². The van der Waals surface area contributed by atoms with Crippen molar-refractivity contribution in [2.75, 3.05) is 7.11 Å². The van der Waals surface area contributed by atoms with Gasteiger partial charge in [0.1, 0.15) is 0 Å². The van der Waals surface area contributed by atoms with E-state index in [1.54, 1.807) is 0 Å². The fourth-order valence-electron chi connectivity index (χ4n) is 2.74. The summed E-state index contributed by atoms with van der Waals surface area (Å²) in [5.41, 5.74) is 3.25. The topological polar surface area (TPSA) is 26.3 Å². The van der Waals surface area contributed by atoms with E-state index in [4.69, 9.17) is 4.74 Å². The average molecular weight is 258 g/mol. The van der Waals surface area contributed by atoms with Gasteiger partial charge in [0.25, 0.3) is 0 Å². The third-order valence-corrected chi connectivity index (χ3v) is 3.77. The van der Waals surface area contributed by atoms with Gasteiger partial charge in [-0.25, -0.2) is 4.79 Å². The fraction of sp³-hybridized carbons (Fsp3) is 0.471. The molecule has 0 N–H and O–H groups in total. The van der Waals surface area contributed by atoms with Gasteiger partial charge in [0.05, 0.1) is 7.11 Å². The molecule has 2 nitrogen and oxygen atoms in total. The Labute approximate surface area is 115 Å². The Morgan fingerprint density at radius 1 is 0.947 bits per heavy atom. The lowest BCUT2D eigenvalue weighted by Crippen LogP contribution is -2.08. The van der Waals surface area contributed by atoms with Crippen LogP contribution in [-0.2, 0) is 9.53 Å². The molecule has 0 unspecified atom stereocenters. The molecule has 0 heterocycles. The molecule has 0 radical (unpaired) electrons. The first-order valence-electron chi connectivity index (χ1n) is 7.18. The van der Waals surface area contributed by atoms with Gasteiger partial charge in [0, 0.05) is 5.57 Å². The van der Waals surface area contributed by atoms with E-state index in [2.05, 4.69) is 12.1 Å². The third-order valence-electron chi connectivity index (χ3n) is 3.77. The molecule has 1 aromatic rings. The molecule has 0 amide bonds. The number of esters is 1. The maximum atomic E-state index is 12.0. The summed E-state index contributed by atoms with van der Waals surface area (Å²) < 4.78 is 4.98. The lowest BCUT2D eigenvalue weighted by molar-refractivity contribution is -0.136. The monoisotopic (exact) mass is 258 g/mol. The Morgan fingerprint density at radius 3 is 2.26 bits per heavy atom. The summed E-state index contributed by atoms with van der Waals surface area (Å²) in [6.45, 7) is 0. The van der Waals surface area contributed by atoms with Crippen molar-refractivity contribution in [1.82, 2.24) is 0 Å². The molecular formula is C17H22O2. The van der Waals surface area contributed by atoms with E-state index in [0.29, 0.717) is 0 Å². The molecule has 2 rings (SSSR count). The minimum atomic E-state index is -0.152. The van der Waals surface area contributed by atoms with Crippen LogP contribution in [0.1, 0.15) is 50.5 Å². The van der Waals surface area contributed by atoms with Crippen LogP contribution in [0, 0.1) is 0 Å². The molecule has 0 atom stereocenters. The van der Waals surface area contributed by atoms with Crippen LogP contribution >= 0.6 is 0 Å². The van der Waals surface area contributed by atoms with Crippen molar-refractivity contribution in [3.8, 4) is 0 Å². The van der Waals surface area contributed by atoms with E-state index in [1.165, 1.54) is 37.5 Å². The number of hydrogen-bond donors (Lipinski definition) is 0. The summed E-state index contributed by atoms with van der Waals surface area (Å²) in [5, 5.41) is 0. The molecule has 1 aliphatic carbocycles. The zero-order valence-electron chi connectivity index (χ0n) is 11.7. The Kier molecular flexibility index (Phi) is 5.20. The number of carbonyl (C=O) groups excluding carboxylic acids is 1. The molecule has 1 aromatic carbocycles. The van der Waals surface area contributed by atoms with Crippen molar-refractivity contribution in [1.29, 1.82) is 0 Å². The van der Waals surface area contributed by atoms with E-state index in [0.717, 1.165) is 31.3 Å². The first kappa shape index (κ1) is 13.9. The van der Waals surface area contributed by atoms with Crippen LogP contribution in [0.2, 0.25) is 0 Å². The predicted octanol–water partition coefficient (Wildman–Crippen LogP) is 4.36. The fourth-order valence-corrected chi connectivity index (χ4v) is 2.74. The van der Waals surface area contributed by atoms with Crippen LogP contribution in [0.25, 0.3) is 5.57 Å². The molecule has 102 valence electrons. The van der Waals surface area contributed by atoms with Crippen LogP contribution in [-0.4, -0.2) is 13.1 Å². The largest absolute Gasteiger partial charge is 0.466 e. The summed E-state index contributed by atoms with van der Waals surface area (Å²) in [4.78, 5) is 12.0. The molecule has 0 bridgehead atoms. The van der Waals surface area contributed by atoms with Gasteiger partial charge < -0.3 is 4.74 Å². The maximum absolute atomic E-state index is 12.0. The SMILES string of the molecule is COC(=O)/C1=C(\c2ccccc2)CCCCCCC1. The molecule has 0 aliphatic heterocycles. The first-order chi connectivity index (χ1) is 9.33. The van der Waals surface area contributed by atoms with Crippen LogP contribution < -0.4 is 0 Å². The average Bonchev–Trinajstić information content (AvgIpc) is 2.59. The Bertz CT molecular complexity index is 446. The number of benzene rings is 1. The highest BCUT2D eigenvalue weighted by Gasteiger charge is 2.18. The molecule has 1 aliphatic rings. The molecule has 2 heteroatoms. The number of carbonyl (C=O) groups is 1. The van der Waals surface area contributed by atoms with Crippen molar-refractivity contribution in [2.45, 2.75) is 44.9 Å². The number of methoxy groups -OCH3 is 1. The van der Waals surface area contributed by atoms with E-state index in [9.17, 15) is 4.79 Å². The zero-order chi connectivity index (χ0) is 13.5. The van der Waals surface area contributed by atoms with E-state index in [-0.39, 0.29) is 5.97 Å². The van der Waals surface area contributed by atoms with E-state index in [1.807, 2.05) is 18.2 Å². The van der Waals surface area contributed by atoms with Crippen molar-refractivity contribution in [2.24, 2.45) is 0 Å². The first-order valence-corrected chi connectivity index (χ1v) is 7.18. The van der Waals surface area contributed by atoms with Crippen molar-refractivity contribution in [3.63, 3.8) is 0 Å². The lowest BCUT2D eigenvalue weighted by atomic mass is 9.93. The van der Waals surface area contributed by atoms with Gasteiger partial charge in [-0.3, -0.25) is 0 Å². The second-order valence-corrected chi connectivity index (χ2v) is 5.08. The summed E-state index contributed by atoms with van der Waals surface area (Å²) in [6, 6.07) is 10.3.